The van der Waals surface area contributed by atoms with E-state index in [0.717, 1.165) is 40.9 Å². The maximum atomic E-state index is 13.9. The highest BCUT2D eigenvalue weighted by Gasteiger charge is 2.18. The predicted octanol–water partition coefficient (Wildman–Crippen LogP) is 5.08. The first-order chi connectivity index (χ1) is 15.1. The van der Waals surface area contributed by atoms with E-state index in [0.29, 0.717) is 33.5 Å². The van der Waals surface area contributed by atoms with Crippen molar-refractivity contribution >= 4 is 49.3 Å². The van der Waals surface area contributed by atoms with E-state index in [9.17, 15) is 9.59 Å². The number of aromatic nitrogens is 2. The number of fused-ring (bicyclic) bond motifs is 4. The molecule has 0 fully saturated rings. The molecule has 5 rings (SSSR count). The maximum Gasteiger partial charge on any atom is 0.199 e. The van der Waals surface area contributed by atoms with E-state index in [1.54, 1.807) is 0 Å². The zero-order valence-electron chi connectivity index (χ0n) is 18.0. The number of nitrogens with zero attached hydrogens (tertiary/aromatic N) is 1. The average molecular weight is 412 g/mol. The van der Waals surface area contributed by atoms with Gasteiger partial charge in [-0.05, 0) is 56.2 Å². The maximum absolute atomic E-state index is 13.9. The van der Waals surface area contributed by atoms with Crippen LogP contribution in [0.5, 0.6) is 0 Å². The average Bonchev–Trinajstić information content (AvgIpc) is 2.79. The van der Waals surface area contributed by atoms with E-state index in [1.165, 1.54) is 0 Å². The summed E-state index contributed by atoms with van der Waals surface area (Å²) in [6, 6.07) is 15.3. The summed E-state index contributed by atoms with van der Waals surface area (Å²) in [5.41, 5.74) is 4.87. The third kappa shape index (κ3) is 2.76. The van der Waals surface area contributed by atoms with Gasteiger partial charge in [-0.15, -0.1) is 0 Å². The fraction of sp³-hybridized carbons (Fsp3) is 0.231. The molecule has 0 saturated carbocycles. The monoisotopic (exact) mass is 411 g/mol. The van der Waals surface area contributed by atoms with Crippen molar-refractivity contribution in [3.63, 3.8) is 0 Å². The van der Waals surface area contributed by atoms with Gasteiger partial charge in [0.25, 0.3) is 0 Å². The molecule has 0 bridgehead atoms. The standard InChI is InChI=1S/C26H25N3O2/c1-4-15-22-20(14-17-24(15)28-18-11-8-7-10-16(18)25(17)30)27-19-12-9-13-21(23(19)26(22)31)29(5-2)6-3/h7-14H,4-6H2,1-3H3,(H,27,31)(H,28,30). The Labute approximate surface area is 179 Å². The number of hydrogen-bond acceptors (Lipinski definition) is 3. The molecule has 2 heterocycles. The summed E-state index contributed by atoms with van der Waals surface area (Å²) in [4.78, 5) is 36.2. The van der Waals surface area contributed by atoms with Gasteiger partial charge in [0.2, 0.25) is 0 Å². The van der Waals surface area contributed by atoms with Gasteiger partial charge in [0, 0.05) is 29.4 Å². The highest BCUT2D eigenvalue weighted by Crippen LogP contribution is 2.30. The summed E-state index contributed by atoms with van der Waals surface area (Å²) in [6.07, 6.45) is 0.643. The van der Waals surface area contributed by atoms with Gasteiger partial charge >= 0.3 is 0 Å². The Morgan fingerprint density at radius 3 is 2.23 bits per heavy atom. The van der Waals surface area contributed by atoms with Gasteiger partial charge < -0.3 is 14.9 Å². The first kappa shape index (κ1) is 19.4. The molecule has 2 N–H and O–H groups in total. The molecular weight excluding hydrogens is 386 g/mol. The van der Waals surface area contributed by atoms with Gasteiger partial charge in [-0.25, -0.2) is 0 Å². The van der Waals surface area contributed by atoms with Crippen molar-refractivity contribution in [1.82, 2.24) is 9.97 Å². The third-order valence-corrected chi connectivity index (χ3v) is 6.33. The van der Waals surface area contributed by atoms with Crippen LogP contribution in [-0.4, -0.2) is 23.1 Å². The van der Waals surface area contributed by atoms with Crippen LogP contribution in [0.3, 0.4) is 0 Å². The highest BCUT2D eigenvalue weighted by atomic mass is 16.1. The minimum absolute atomic E-state index is 0.0130. The minimum Gasteiger partial charge on any atom is -0.371 e. The lowest BCUT2D eigenvalue weighted by molar-refractivity contribution is 0.870. The molecule has 31 heavy (non-hydrogen) atoms. The molecule has 0 aliphatic heterocycles. The van der Waals surface area contributed by atoms with E-state index < -0.39 is 0 Å². The van der Waals surface area contributed by atoms with Crippen molar-refractivity contribution in [2.75, 3.05) is 18.0 Å². The van der Waals surface area contributed by atoms with Gasteiger partial charge in [0.1, 0.15) is 0 Å². The number of aryl methyl sites for hydroxylation is 1. The van der Waals surface area contributed by atoms with Gasteiger partial charge in [-0.1, -0.05) is 25.1 Å². The fourth-order valence-corrected chi connectivity index (χ4v) is 4.82. The molecule has 0 saturated heterocycles. The molecule has 5 nitrogen and oxygen atoms in total. The molecule has 0 amide bonds. The molecule has 3 aromatic carbocycles. The van der Waals surface area contributed by atoms with E-state index in [1.807, 2.05) is 55.5 Å². The number of nitrogens with one attached hydrogen (secondary N) is 2. The number of aromatic amines is 2. The van der Waals surface area contributed by atoms with Crippen molar-refractivity contribution < 1.29 is 0 Å². The number of pyridine rings is 2. The smallest absolute Gasteiger partial charge is 0.199 e. The van der Waals surface area contributed by atoms with Crippen molar-refractivity contribution in [1.29, 1.82) is 0 Å². The summed E-state index contributed by atoms with van der Waals surface area (Å²) in [6.45, 7) is 7.87. The molecule has 156 valence electrons. The lowest BCUT2D eigenvalue weighted by Crippen LogP contribution is -2.24. The van der Waals surface area contributed by atoms with Crippen molar-refractivity contribution in [2.24, 2.45) is 0 Å². The molecule has 2 aromatic heterocycles. The molecular formula is C26H25N3O2. The Kier molecular flexibility index (Phi) is 4.54. The SMILES string of the molecule is CCc1c2[nH]c3ccccc3c(=O)c2cc2[nH]c3cccc(N(CC)CC)c3c(=O)c12. The molecule has 5 heteroatoms. The van der Waals surface area contributed by atoms with E-state index in [4.69, 9.17) is 0 Å². The quantitative estimate of drug-likeness (QED) is 0.405. The number of hydrogen-bond donors (Lipinski definition) is 2. The van der Waals surface area contributed by atoms with Crippen LogP contribution in [0, 0.1) is 0 Å². The Balaban J connectivity index is 2.01. The largest absolute Gasteiger partial charge is 0.371 e. The molecule has 0 atom stereocenters. The topological polar surface area (TPSA) is 69.0 Å². The van der Waals surface area contributed by atoms with Gasteiger partial charge in [0.05, 0.1) is 33.0 Å². The van der Waals surface area contributed by atoms with Crippen LogP contribution in [0.2, 0.25) is 0 Å². The van der Waals surface area contributed by atoms with Crippen LogP contribution < -0.4 is 15.8 Å². The summed E-state index contributed by atoms with van der Waals surface area (Å²) < 4.78 is 0. The molecule has 0 unspecified atom stereocenters. The molecule has 5 aromatic rings. The van der Waals surface area contributed by atoms with Gasteiger partial charge in [-0.2, -0.15) is 0 Å². The molecule has 0 spiro atoms. The van der Waals surface area contributed by atoms with Crippen LogP contribution in [0.4, 0.5) is 5.69 Å². The number of H-pyrrole nitrogens is 2. The van der Waals surface area contributed by atoms with Gasteiger partial charge in [0.15, 0.2) is 10.9 Å². The molecule has 0 aliphatic rings. The van der Waals surface area contributed by atoms with E-state index in [2.05, 4.69) is 28.7 Å². The molecule has 0 radical (unpaired) electrons. The predicted molar refractivity (Wildman–Crippen MR) is 131 cm³/mol. The Morgan fingerprint density at radius 2 is 1.48 bits per heavy atom. The number of rotatable bonds is 4. The summed E-state index contributed by atoms with van der Waals surface area (Å²) in [7, 11) is 0. The Morgan fingerprint density at radius 1 is 0.742 bits per heavy atom. The van der Waals surface area contributed by atoms with E-state index in [-0.39, 0.29) is 10.9 Å². The van der Waals surface area contributed by atoms with Crippen LogP contribution in [-0.2, 0) is 6.42 Å². The summed E-state index contributed by atoms with van der Waals surface area (Å²) >= 11 is 0. The highest BCUT2D eigenvalue weighted by molar-refractivity contribution is 6.07. The van der Waals surface area contributed by atoms with Crippen molar-refractivity contribution in [2.45, 2.75) is 27.2 Å². The van der Waals surface area contributed by atoms with Crippen molar-refractivity contribution in [3.05, 3.63) is 74.5 Å². The normalized spacial score (nSPS) is 11.7. The lowest BCUT2D eigenvalue weighted by Gasteiger charge is -2.23. The van der Waals surface area contributed by atoms with Crippen LogP contribution >= 0.6 is 0 Å². The Bertz CT molecular complexity index is 1590. The second kappa shape index (κ2) is 7.27. The van der Waals surface area contributed by atoms with Crippen LogP contribution in [0.15, 0.2) is 58.1 Å². The second-order valence-corrected chi connectivity index (χ2v) is 7.88. The number of anilines is 1. The minimum atomic E-state index is -0.0150. The zero-order chi connectivity index (χ0) is 21.7. The lowest BCUT2D eigenvalue weighted by atomic mass is 9.97. The number of benzene rings is 3. The van der Waals surface area contributed by atoms with Gasteiger partial charge in [-0.3, -0.25) is 9.59 Å². The number of para-hydroxylation sites is 1. The van der Waals surface area contributed by atoms with E-state index >= 15 is 0 Å². The molecule has 0 aliphatic carbocycles. The second-order valence-electron chi connectivity index (χ2n) is 7.88. The fourth-order valence-electron chi connectivity index (χ4n) is 4.82. The summed E-state index contributed by atoms with van der Waals surface area (Å²) in [5.74, 6) is 0. The third-order valence-electron chi connectivity index (χ3n) is 6.33. The summed E-state index contributed by atoms with van der Waals surface area (Å²) in [5, 5.41) is 2.63. The van der Waals surface area contributed by atoms with Crippen LogP contribution in [0.25, 0.3) is 43.6 Å². The zero-order valence-corrected chi connectivity index (χ0v) is 18.0. The van der Waals surface area contributed by atoms with Crippen LogP contribution in [0.1, 0.15) is 26.3 Å². The first-order valence-corrected chi connectivity index (χ1v) is 10.9. The Hall–Kier alpha value is -3.60. The van der Waals surface area contributed by atoms with Crippen molar-refractivity contribution in [3.8, 4) is 0 Å². The first-order valence-electron chi connectivity index (χ1n) is 10.9.